The zero-order valence-corrected chi connectivity index (χ0v) is 88.4. The number of fused-ring (bicyclic) bond motifs is 6. The van der Waals surface area contributed by atoms with E-state index in [9.17, 15) is 35.9 Å². The van der Waals surface area contributed by atoms with Crippen LogP contribution in [0.15, 0.2) is 334 Å². The van der Waals surface area contributed by atoms with Gasteiger partial charge in [0, 0.05) is 153 Å². The van der Waals surface area contributed by atoms with Gasteiger partial charge in [-0.1, -0.05) is 63.9 Å². The predicted octanol–water partition coefficient (Wildman–Crippen LogP) is 19.7. The maximum Gasteiger partial charge on any atom is 3.00 e. The molecule has 2 atom stereocenters. The monoisotopic (exact) mass is 2930 g/mol. The molecule has 37 heteroatoms. The van der Waals surface area contributed by atoms with E-state index in [0.29, 0.717) is 5.75 Å². The van der Waals surface area contributed by atoms with Gasteiger partial charge >= 0.3 is 44.4 Å². The molecule has 6 aliphatic heterocycles. The van der Waals surface area contributed by atoms with E-state index in [1.54, 1.807) is 29.1 Å². The number of para-hydroxylation sites is 6. The van der Waals surface area contributed by atoms with Gasteiger partial charge in [-0.2, -0.15) is 253 Å². The van der Waals surface area contributed by atoms with Crippen LogP contribution >= 0.6 is 11.3 Å². The van der Waals surface area contributed by atoms with Crippen LogP contribution < -0.4 is 34.1 Å². The number of aliphatic hydroxyl groups excluding tert-OH is 2. The molecule has 20 rings (SSSR count). The number of aromatic nitrogens is 4. The topological polar surface area (TPSA) is 220 Å². The van der Waals surface area contributed by atoms with Crippen molar-refractivity contribution in [2.45, 2.75) is 31.0 Å². The van der Waals surface area contributed by atoms with Gasteiger partial charge < -0.3 is 88.4 Å². The molecule has 0 saturated carbocycles. The van der Waals surface area contributed by atoms with Crippen molar-refractivity contribution in [3.63, 3.8) is 0 Å². The molecule has 5 aromatic heterocycles. The number of aromatic carboxylic acids is 2. The predicted molar refractivity (Wildman–Crippen MR) is 494 cm³/mol. The first-order chi connectivity index (χ1) is 62.6. The molecule has 0 saturated heterocycles. The third-order valence-corrected chi connectivity index (χ3v) is 19.6. The molecule has 0 aliphatic carbocycles. The van der Waals surface area contributed by atoms with Gasteiger partial charge in [0.25, 0.3) is 0 Å². The largest absolute Gasteiger partial charge is 3.00 e. The molecule has 5 radical (unpaired) electrons. The number of methoxy groups -OCH3 is 1. The minimum Gasteiger partial charge on any atom is -0.514 e. The van der Waals surface area contributed by atoms with Crippen molar-refractivity contribution >= 4 is 99.5 Å². The van der Waals surface area contributed by atoms with E-state index < -0.39 is 42.9 Å². The Hall–Kier alpha value is -11.3. The van der Waals surface area contributed by atoms with Gasteiger partial charge in [-0.05, 0) is 164 Å². The Morgan fingerprint density at radius 1 is 0.404 bits per heavy atom. The summed E-state index contributed by atoms with van der Waals surface area (Å²) in [6.45, 7) is 12.1. The van der Waals surface area contributed by atoms with Crippen molar-refractivity contribution in [3.05, 3.63) is 424 Å². The first-order valence-electron chi connectivity index (χ1n) is 39.7. The third-order valence-electron chi connectivity index (χ3n) is 18.4. The van der Waals surface area contributed by atoms with Crippen LogP contribution in [0.25, 0.3) is 47.8 Å². The number of hydrogen-bond donors (Lipinski definition) is 4. The van der Waals surface area contributed by atoms with Crippen LogP contribution in [0.5, 0.6) is 5.75 Å². The number of rotatable bonds is 12. The van der Waals surface area contributed by atoms with Crippen LogP contribution in [-0.4, -0.2) is 155 Å². The summed E-state index contributed by atoms with van der Waals surface area (Å²) in [5.74, 6) is -1.54. The van der Waals surface area contributed by atoms with Crippen molar-refractivity contribution in [1.29, 1.82) is 0 Å². The molecule has 24 nitrogen and oxygen atoms in total. The first kappa shape index (κ1) is 115. The van der Waals surface area contributed by atoms with Crippen molar-refractivity contribution in [3.8, 4) is 11.4 Å². The normalized spacial score (nSPS) is 13.6. The number of halogens is 6. The average molecular weight is 2930 g/mol. The maximum atomic E-state index is 11.5. The molecule has 0 spiro atoms. The van der Waals surface area contributed by atoms with Gasteiger partial charge in [-0.3, -0.25) is 4.68 Å². The number of pyridine rings is 2. The number of benzene rings is 9. The standard InChI is InChI=1S/C16H12N2O.C16H12N2S.4C10H10N2.C9H7N2.C7H7NO3.C6H5NO2.C5H6F6O2.6Ir/c2*1-17-9-10-18(11-17)14-7-4-6-13-12-5-2-3-8-15(12)19-16(13)14;4*1-11-7-8-12(9-11)10-5-3-2-4-6-10;1-2-5-9(6-3-1)11-8-4-7-10-11;1-11-5-2-3-8-6(4-5)7(9)10;8-6(9)5-3-1-2-4-7-5;6-4(7,8)2(12)1-3(13)5(9,10)11;;;;;;/h2*2-6,8-11H,1H3;4*2-5,7-9H,1H3;1-5,7-8H;2-4H,1H3,(H,9,10);1-4H,(H,8,9);2-3,12-13H,1H2;;;;;;/q6*-2;-1;;;;;;;;;+3. The van der Waals surface area contributed by atoms with Crippen LogP contribution in [0.1, 0.15) is 27.4 Å². The molecule has 0 amide bonds. The summed E-state index contributed by atoms with van der Waals surface area (Å²) in [6.07, 6.45) is 12.2. The summed E-state index contributed by atoms with van der Waals surface area (Å²) in [5.41, 5.74) is 9.16. The smallest absolute Gasteiger partial charge is 0.514 e. The molecule has 6 aliphatic rings. The second kappa shape index (κ2) is 57.7. The fraction of sp³-hybridized carbons (Fsp3) is 0.121. The first-order valence-corrected chi connectivity index (χ1v) is 40.5. The number of carbonyl (C=O) groups is 2. The van der Waals surface area contributed by atoms with Gasteiger partial charge in [0.15, 0.2) is 17.9 Å². The Morgan fingerprint density at radius 2 is 0.779 bits per heavy atom. The molecule has 0 fully saturated rings. The number of anilines is 6. The Kier molecular flexibility index (Phi) is 48.8. The van der Waals surface area contributed by atoms with E-state index in [2.05, 4.69) is 112 Å². The second-order valence-corrected chi connectivity index (χ2v) is 29.3. The number of aliphatic hydroxyl groups is 2. The van der Waals surface area contributed by atoms with Gasteiger partial charge in [0.1, 0.15) is 17.0 Å². The molecule has 14 aromatic rings. The van der Waals surface area contributed by atoms with Crippen LogP contribution in [0.4, 0.5) is 60.5 Å². The Labute approximate surface area is 871 Å². The van der Waals surface area contributed by atoms with E-state index in [4.69, 9.17) is 29.6 Å². The minimum absolute atomic E-state index is 0. The maximum absolute atomic E-state index is 11.5. The third kappa shape index (κ3) is 35.0. The number of nitrogens with zero attached hydrogens (tertiary/aromatic N) is 16. The fourth-order valence-corrected chi connectivity index (χ4v) is 13.2. The van der Waals surface area contributed by atoms with Crippen LogP contribution in [0, 0.1) is 82.5 Å². The summed E-state index contributed by atoms with van der Waals surface area (Å²) in [4.78, 5) is 52.0. The average Bonchev–Trinajstić information content (AvgIpc) is 1.62. The number of hydrogen-bond acceptors (Lipinski definition) is 22. The van der Waals surface area contributed by atoms with E-state index in [-0.39, 0.29) is 132 Å². The Bertz CT molecular complexity index is 5660. The van der Waals surface area contributed by atoms with Crippen LogP contribution in [0.2, 0.25) is 0 Å². The zero-order valence-electron chi connectivity index (χ0n) is 73.3. The Balaban J connectivity index is 0.000000268. The van der Waals surface area contributed by atoms with Gasteiger partial charge in [-0.15, -0.1) is 34.2 Å². The molecule has 136 heavy (non-hydrogen) atoms. The summed E-state index contributed by atoms with van der Waals surface area (Å²) in [7, 11) is 13.5. The summed E-state index contributed by atoms with van der Waals surface area (Å²) in [5, 5.41) is 42.1. The molecule has 4 N–H and O–H groups in total. The number of thiophene rings is 1. The number of furan rings is 1. The van der Waals surface area contributed by atoms with Crippen molar-refractivity contribution in [2.24, 2.45) is 0 Å². The second-order valence-electron chi connectivity index (χ2n) is 28.2. The summed E-state index contributed by atoms with van der Waals surface area (Å²) in [6, 6.07) is 96.1. The number of alkyl halides is 6. The Morgan fingerprint density at radius 3 is 1.15 bits per heavy atom. The van der Waals surface area contributed by atoms with E-state index in [1.807, 2.05) is 379 Å². The summed E-state index contributed by atoms with van der Waals surface area (Å²) >= 11 is 1.83. The summed E-state index contributed by atoms with van der Waals surface area (Å²) < 4.78 is 84.0. The van der Waals surface area contributed by atoms with Gasteiger partial charge in [0.2, 0.25) is 0 Å². The van der Waals surface area contributed by atoms with Crippen LogP contribution in [0.3, 0.4) is 0 Å². The molecule has 9 aromatic carbocycles. The van der Waals surface area contributed by atoms with E-state index in [0.717, 1.165) is 61.8 Å². The molecular weight excluding hydrogens is 2840 g/mol. The SMILES string of the molecule is CN1C=CN(c2[c-]ccc3c2oc2ccccc23)[CH-]1.CN1C=CN(c2[c-]ccc3c2sc2ccccc23)[CH-]1.CN1C=CN(c2[c-]cccc2)[CH-]1.CN1C=CN(c2[c-]cccc2)[CH-]1.CN1C=CN(c2[c-]cccc2)[CH-]1.CN1C=CN(c2[c-]cccc2)[CH-]1.COc1ccnc(C(=O)O)c1.O=C(O)c1ccccn1.OC(CC(O)C(F)(F)F)C(F)(F)F.[Ir+3].[Ir].[Ir].[Ir].[Ir].[Ir].[c-]1ccccc1-n1cccn1. The zero-order chi connectivity index (χ0) is 92.5. The van der Waals surface area contributed by atoms with E-state index in [1.165, 1.54) is 51.8 Å². The number of ether oxygens (including phenoxy) is 1. The number of carboxylic acid groups (broad SMARTS) is 2. The van der Waals surface area contributed by atoms with Crippen molar-refractivity contribution in [1.82, 2.24) is 49.1 Å². The van der Waals surface area contributed by atoms with Crippen molar-refractivity contribution in [2.75, 3.05) is 78.8 Å². The van der Waals surface area contributed by atoms with Gasteiger partial charge in [-0.25, -0.2) is 30.9 Å². The fourth-order valence-electron chi connectivity index (χ4n) is 12.0. The van der Waals surface area contributed by atoms with Crippen molar-refractivity contribution < 1.29 is 186 Å². The molecule has 0 bridgehead atoms. The van der Waals surface area contributed by atoms with E-state index >= 15 is 0 Å². The van der Waals surface area contributed by atoms with Gasteiger partial charge in [0.05, 0.1) is 7.11 Å². The van der Waals surface area contributed by atoms with Crippen LogP contribution in [-0.2, 0) is 121 Å². The minimum atomic E-state index is -5.15. The molecule has 11 heterocycles. The number of carboxylic acids is 2. The molecule has 725 valence electrons. The molecular formula is C99H89F6Ir6N16O8S-10. The molecule has 2 unspecified atom stereocenters. The quantitative estimate of drug-likeness (QED) is 0.0660.